The fourth-order valence-electron chi connectivity index (χ4n) is 2.40. The lowest BCUT2D eigenvalue weighted by Gasteiger charge is -2.03. The molecule has 4 heteroatoms. The molecule has 22 heavy (non-hydrogen) atoms. The summed E-state index contributed by atoms with van der Waals surface area (Å²) >= 11 is 0. The molecule has 0 spiro atoms. The first kappa shape index (κ1) is 14.1. The first-order chi connectivity index (χ1) is 10.6. The highest BCUT2D eigenvalue weighted by Gasteiger charge is 2.21. The second kappa shape index (κ2) is 5.85. The van der Waals surface area contributed by atoms with Gasteiger partial charge in [0.05, 0.1) is 5.69 Å². The quantitative estimate of drug-likeness (QED) is 0.744. The van der Waals surface area contributed by atoms with Crippen LogP contribution in [0.25, 0.3) is 11.0 Å². The fraction of sp³-hybridized carbons (Fsp3) is 0.111. The van der Waals surface area contributed by atoms with E-state index in [-0.39, 0.29) is 23.9 Å². The molecule has 0 unspecified atom stereocenters. The minimum Gasteiger partial charge on any atom is -0.451 e. The number of amides is 1. The van der Waals surface area contributed by atoms with Crippen LogP contribution in [0.2, 0.25) is 0 Å². The summed E-state index contributed by atoms with van der Waals surface area (Å²) in [5, 5.41) is 3.44. The number of fused-ring (bicyclic) bond motifs is 1. The number of Topliss-reactive ketones (excluding diaryl/α,β-unsaturated/α-hetero) is 1. The Morgan fingerprint density at radius 3 is 2.41 bits per heavy atom. The van der Waals surface area contributed by atoms with Crippen molar-refractivity contribution in [2.24, 2.45) is 0 Å². The fourth-order valence-corrected chi connectivity index (χ4v) is 2.40. The Balaban J connectivity index is 2.01. The second-order valence-electron chi connectivity index (χ2n) is 5.07. The van der Waals surface area contributed by atoms with Gasteiger partial charge in [0.1, 0.15) is 5.58 Å². The van der Waals surface area contributed by atoms with E-state index >= 15 is 0 Å². The molecule has 0 fully saturated rings. The molecule has 0 saturated heterocycles. The molecule has 0 aliphatic carbocycles. The van der Waals surface area contributed by atoms with Crippen LogP contribution in [0.4, 0.5) is 5.69 Å². The van der Waals surface area contributed by atoms with Gasteiger partial charge in [0.2, 0.25) is 11.7 Å². The van der Waals surface area contributed by atoms with Crippen LogP contribution < -0.4 is 5.32 Å². The van der Waals surface area contributed by atoms with Crippen molar-refractivity contribution in [1.82, 2.24) is 0 Å². The molecule has 0 aliphatic heterocycles. The Kier molecular flexibility index (Phi) is 3.74. The van der Waals surface area contributed by atoms with Gasteiger partial charge in [-0.05, 0) is 17.7 Å². The van der Waals surface area contributed by atoms with E-state index < -0.39 is 0 Å². The monoisotopic (exact) mass is 293 g/mol. The largest absolute Gasteiger partial charge is 0.451 e. The van der Waals surface area contributed by atoms with E-state index in [2.05, 4.69) is 5.32 Å². The van der Waals surface area contributed by atoms with Crippen LogP contribution in [0.1, 0.15) is 23.0 Å². The van der Waals surface area contributed by atoms with E-state index in [1.807, 2.05) is 48.5 Å². The maximum atomic E-state index is 12.5. The van der Waals surface area contributed by atoms with Gasteiger partial charge in [-0.2, -0.15) is 0 Å². The Hall–Kier alpha value is -2.88. The number of anilines is 1. The van der Waals surface area contributed by atoms with E-state index in [0.717, 1.165) is 10.9 Å². The zero-order valence-electron chi connectivity index (χ0n) is 12.1. The van der Waals surface area contributed by atoms with Crippen LogP contribution in [0.15, 0.2) is 59.0 Å². The van der Waals surface area contributed by atoms with Gasteiger partial charge in [-0.25, -0.2) is 0 Å². The molecule has 0 saturated carbocycles. The topological polar surface area (TPSA) is 59.3 Å². The standard InChI is InChI=1S/C18H15NO3/c1-12(20)19-17-14-9-5-6-10-16(14)22-18(17)15(21)11-13-7-3-2-4-8-13/h2-10H,11H2,1H3,(H,19,20). The number of para-hydroxylation sites is 1. The summed E-state index contributed by atoms with van der Waals surface area (Å²) in [5.74, 6) is -0.202. The van der Waals surface area contributed by atoms with E-state index in [4.69, 9.17) is 4.42 Å². The van der Waals surface area contributed by atoms with Crippen LogP contribution in [0, 0.1) is 0 Å². The number of rotatable bonds is 4. The van der Waals surface area contributed by atoms with Gasteiger partial charge in [0, 0.05) is 18.7 Å². The molecule has 0 aliphatic rings. The van der Waals surface area contributed by atoms with Gasteiger partial charge in [-0.15, -0.1) is 0 Å². The Bertz CT molecular complexity index is 834. The van der Waals surface area contributed by atoms with Crippen LogP contribution in [-0.4, -0.2) is 11.7 Å². The molecule has 0 radical (unpaired) electrons. The average Bonchev–Trinajstić information content (AvgIpc) is 2.87. The summed E-state index contributed by atoms with van der Waals surface area (Å²) in [6.07, 6.45) is 0.229. The van der Waals surface area contributed by atoms with E-state index in [0.29, 0.717) is 11.3 Å². The molecule has 0 atom stereocenters. The second-order valence-corrected chi connectivity index (χ2v) is 5.07. The highest BCUT2D eigenvalue weighted by molar-refractivity contribution is 6.11. The van der Waals surface area contributed by atoms with Gasteiger partial charge in [-0.1, -0.05) is 42.5 Å². The number of carbonyl (C=O) groups excluding carboxylic acids is 2. The molecule has 3 aromatic rings. The zero-order valence-corrected chi connectivity index (χ0v) is 12.1. The lowest BCUT2D eigenvalue weighted by molar-refractivity contribution is -0.114. The average molecular weight is 293 g/mol. The van der Waals surface area contributed by atoms with Crippen molar-refractivity contribution in [2.45, 2.75) is 13.3 Å². The molecule has 1 heterocycles. The molecule has 1 aromatic heterocycles. The lowest BCUT2D eigenvalue weighted by Crippen LogP contribution is -2.10. The third kappa shape index (κ3) is 2.76. The minimum absolute atomic E-state index is 0.161. The molecule has 110 valence electrons. The molecule has 3 rings (SSSR count). The van der Waals surface area contributed by atoms with Crippen molar-refractivity contribution in [3.8, 4) is 0 Å². The Morgan fingerprint density at radius 2 is 1.68 bits per heavy atom. The number of hydrogen-bond donors (Lipinski definition) is 1. The van der Waals surface area contributed by atoms with Crippen molar-refractivity contribution in [2.75, 3.05) is 5.32 Å². The normalized spacial score (nSPS) is 10.6. The number of hydrogen-bond acceptors (Lipinski definition) is 3. The predicted molar refractivity (Wildman–Crippen MR) is 85.0 cm³/mol. The molecule has 0 bridgehead atoms. The Morgan fingerprint density at radius 1 is 1.00 bits per heavy atom. The van der Waals surface area contributed by atoms with E-state index in [1.54, 1.807) is 6.07 Å². The van der Waals surface area contributed by atoms with Gasteiger partial charge in [-0.3, -0.25) is 9.59 Å². The summed E-state index contributed by atoms with van der Waals surface area (Å²) in [5.41, 5.74) is 1.94. The lowest BCUT2D eigenvalue weighted by atomic mass is 10.1. The highest BCUT2D eigenvalue weighted by atomic mass is 16.3. The number of nitrogens with one attached hydrogen (secondary N) is 1. The molecular weight excluding hydrogens is 278 g/mol. The number of carbonyl (C=O) groups is 2. The minimum atomic E-state index is -0.236. The van der Waals surface area contributed by atoms with Gasteiger partial charge in [0.15, 0.2) is 5.76 Å². The number of ketones is 1. The summed E-state index contributed by atoms with van der Waals surface area (Å²) in [6.45, 7) is 1.41. The van der Waals surface area contributed by atoms with Crippen molar-refractivity contribution in [1.29, 1.82) is 0 Å². The summed E-state index contributed by atoms with van der Waals surface area (Å²) in [6, 6.07) is 16.7. The van der Waals surface area contributed by atoms with Crippen LogP contribution in [0.3, 0.4) is 0 Å². The third-order valence-corrected chi connectivity index (χ3v) is 3.36. The maximum Gasteiger partial charge on any atom is 0.221 e. The van der Waals surface area contributed by atoms with Crippen LogP contribution in [-0.2, 0) is 11.2 Å². The van der Waals surface area contributed by atoms with Crippen molar-refractivity contribution in [3.63, 3.8) is 0 Å². The molecule has 1 amide bonds. The summed E-state index contributed by atoms with van der Waals surface area (Å²) in [4.78, 5) is 24.0. The zero-order chi connectivity index (χ0) is 15.5. The van der Waals surface area contributed by atoms with Crippen molar-refractivity contribution in [3.05, 3.63) is 65.9 Å². The van der Waals surface area contributed by atoms with Gasteiger partial charge < -0.3 is 9.73 Å². The molecule has 1 N–H and O–H groups in total. The number of benzene rings is 2. The highest BCUT2D eigenvalue weighted by Crippen LogP contribution is 2.31. The number of furan rings is 1. The van der Waals surface area contributed by atoms with Crippen LogP contribution in [0.5, 0.6) is 0 Å². The van der Waals surface area contributed by atoms with Crippen molar-refractivity contribution < 1.29 is 14.0 Å². The summed E-state index contributed by atoms with van der Waals surface area (Å²) < 4.78 is 5.67. The van der Waals surface area contributed by atoms with Crippen molar-refractivity contribution >= 4 is 28.3 Å². The predicted octanol–water partition coefficient (Wildman–Crippen LogP) is 3.82. The molecular formula is C18H15NO3. The van der Waals surface area contributed by atoms with Gasteiger partial charge >= 0.3 is 0 Å². The molecule has 4 nitrogen and oxygen atoms in total. The smallest absolute Gasteiger partial charge is 0.221 e. The van der Waals surface area contributed by atoms with Gasteiger partial charge in [0.25, 0.3) is 0 Å². The van der Waals surface area contributed by atoms with Crippen LogP contribution >= 0.6 is 0 Å². The summed E-state index contributed by atoms with van der Waals surface area (Å²) in [7, 11) is 0. The molecule has 2 aromatic carbocycles. The first-order valence-electron chi connectivity index (χ1n) is 7.01. The van der Waals surface area contributed by atoms with E-state index in [1.165, 1.54) is 6.92 Å². The maximum absolute atomic E-state index is 12.5. The van der Waals surface area contributed by atoms with E-state index in [9.17, 15) is 9.59 Å². The third-order valence-electron chi connectivity index (χ3n) is 3.36. The SMILES string of the molecule is CC(=O)Nc1c(C(=O)Cc2ccccc2)oc2ccccc12. The first-order valence-corrected chi connectivity index (χ1v) is 7.01. The Labute approximate surface area is 127 Å².